The normalized spacial score (nSPS) is 12.4. The van der Waals surface area contributed by atoms with Crippen molar-refractivity contribution in [3.05, 3.63) is 45.8 Å². The standard InChI is InChI=1S/C17H17ClFN5O2/c1-9(8-25)17-12-4-10(5-14(19)16(12)21-24(17)3)11-6-15(23(2)22-26)20-7-13(11)18/h4-7,9,25H,8H2,1-3H3. The van der Waals surface area contributed by atoms with Gasteiger partial charge in [0, 0.05) is 37.2 Å². The molecular weight excluding hydrogens is 361 g/mol. The lowest BCUT2D eigenvalue weighted by atomic mass is 9.99. The Kier molecular flexibility index (Phi) is 4.88. The summed E-state index contributed by atoms with van der Waals surface area (Å²) in [5.74, 6) is -0.427. The molecule has 3 aromatic rings. The van der Waals surface area contributed by atoms with Gasteiger partial charge in [0.2, 0.25) is 0 Å². The van der Waals surface area contributed by atoms with Gasteiger partial charge < -0.3 is 5.11 Å². The highest BCUT2D eigenvalue weighted by atomic mass is 35.5. The van der Waals surface area contributed by atoms with E-state index in [2.05, 4.69) is 15.4 Å². The minimum Gasteiger partial charge on any atom is -0.396 e. The number of aryl methyl sites for hydroxylation is 1. The van der Waals surface area contributed by atoms with Gasteiger partial charge in [-0.15, -0.1) is 4.91 Å². The highest BCUT2D eigenvalue weighted by Gasteiger charge is 2.20. The molecule has 2 aromatic heterocycles. The molecule has 0 saturated heterocycles. The van der Waals surface area contributed by atoms with Crippen LogP contribution in [0, 0.1) is 10.7 Å². The van der Waals surface area contributed by atoms with Crippen LogP contribution in [-0.4, -0.2) is 33.5 Å². The van der Waals surface area contributed by atoms with Crippen molar-refractivity contribution >= 4 is 28.3 Å². The van der Waals surface area contributed by atoms with E-state index < -0.39 is 5.82 Å². The number of hydrogen-bond acceptors (Lipinski definition) is 5. The predicted octanol–water partition coefficient (Wildman–Crippen LogP) is 3.64. The monoisotopic (exact) mass is 377 g/mol. The second-order valence-electron chi connectivity index (χ2n) is 6.07. The maximum absolute atomic E-state index is 14.7. The SMILES string of the molecule is CC(CO)c1c2cc(-c3cc(N(C)N=O)ncc3Cl)cc(F)c2nn1C. The van der Waals surface area contributed by atoms with Crippen LogP contribution in [0.1, 0.15) is 18.5 Å². The van der Waals surface area contributed by atoms with Gasteiger partial charge in [-0.3, -0.25) is 4.68 Å². The zero-order valence-corrected chi connectivity index (χ0v) is 15.2. The molecule has 26 heavy (non-hydrogen) atoms. The number of halogens is 2. The van der Waals surface area contributed by atoms with Crippen LogP contribution in [0.5, 0.6) is 0 Å². The fourth-order valence-corrected chi connectivity index (χ4v) is 3.18. The van der Waals surface area contributed by atoms with E-state index in [4.69, 9.17) is 11.6 Å². The first-order chi connectivity index (χ1) is 12.4. The molecule has 0 bridgehead atoms. The maximum atomic E-state index is 14.7. The van der Waals surface area contributed by atoms with Crippen molar-refractivity contribution in [2.45, 2.75) is 12.8 Å². The Bertz CT molecular complexity index is 991. The van der Waals surface area contributed by atoms with E-state index in [1.54, 1.807) is 23.9 Å². The van der Waals surface area contributed by atoms with Crippen molar-refractivity contribution < 1.29 is 9.50 Å². The highest BCUT2D eigenvalue weighted by molar-refractivity contribution is 6.33. The lowest BCUT2D eigenvalue weighted by Crippen LogP contribution is -2.08. The third-order valence-electron chi connectivity index (χ3n) is 4.28. The number of anilines is 1. The molecule has 0 aliphatic rings. The molecular formula is C17H17ClFN5O2. The summed E-state index contributed by atoms with van der Waals surface area (Å²) < 4.78 is 16.2. The predicted molar refractivity (Wildman–Crippen MR) is 98.6 cm³/mol. The molecule has 0 spiro atoms. The first kappa shape index (κ1) is 18.2. The lowest BCUT2D eigenvalue weighted by molar-refractivity contribution is 0.269. The van der Waals surface area contributed by atoms with Gasteiger partial charge >= 0.3 is 0 Å². The number of hydrogen-bond donors (Lipinski definition) is 1. The second-order valence-corrected chi connectivity index (χ2v) is 6.48. The highest BCUT2D eigenvalue weighted by Crippen LogP contribution is 2.35. The fourth-order valence-electron chi connectivity index (χ4n) is 2.97. The zero-order valence-electron chi connectivity index (χ0n) is 14.4. The topological polar surface area (TPSA) is 83.6 Å². The van der Waals surface area contributed by atoms with Gasteiger partial charge in [-0.2, -0.15) is 5.10 Å². The van der Waals surface area contributed by atoms with Crippen LogP contribution in [0.4, 0.5) is 10.2 Å². The summed E-state index contributed by atoms with van der Waals surface area (Å²) in [6.07, 6.45) is 1.39. The molecule has 0 aliphatic carbocycles. The van der Waals surface area contributed by atoms with Crippen molar-refractivity contribution in [2.75, 3.05) is 18.7 Å². The van der Waals surface area contributed by atoms with Gasteiger partial charge in [0.05, 0.1) is 22.6 Å². The molecule has 0 amide bonds. The Balaban J connectivity index is 2.25. The fraction of sp³-hybridized carbons (Fsp3) is 0.294. The molecule has 3 rings (SSSR count). The van der Waals surface area contributed by atoms with Gasteiger partial charge in [-0.25, -0.2) is 14.4 Å². The molecule has 9 heteroatoms. The minimum atomic E-state index is -0.499. The molecule has 136 valence electrons. The number of pyridine rings is 1. The average Bonchev–Trinajstić information content (AvgIpc) is 2.97. The van der Waals surface area contributed by atoms with Gasteiger partial charge in [0.15, 0.2) is 11.6 Å². The smallest absolute Gasteiger partial charge is 0.152 e. The molecule has 1 unspecified atom stereocenters. The number of benzene rings is 1. The number of nitroso groups, excluding NO2 is 1. The van der Waals surface area contributed by atoms with Gasteiger partial charge in [0.25, 0.3) is 0 Å². The quantitative estimate of drug-likeness (QED) is 0.542. The summed E-state index contributed by atoms with van der Waals surface area (Å²) >= 11 is 6.24. The number of nitrogens with zero attached hydrogens (tertiary/aromatic N) is 5. The third-order valence-corrected chi connectivity index (χ3v) is 4.59. The molecule has 1 atom stereocenters. The van der Waals surface area contributed by atoms with Crippen molar-refractivity contribution in [1.82, 2.24) is 14.8 Å². The first-order valence-electron chi connectivity index (χ1n) is 7.87. The summed E-state index contributed by atoms with van der Waals surface area (Å²) in [6.45, 7) is 1.75. The van der Waals surface area contributed by atoms with E-state index in [0.717, 1.165) is 10.7 Å². The molecule has 0 aliphatic heterocycles. The number of aromatic nitrogens is 3. The molecule has 0 saturated carbocycles. The molecule has 1 N–H and O–H groups in total. The zero-order chi connectivity index (χ0) is 19.0. The molecule has 1 aromatic carbocycles. The molecule has 0 fully saturated rings. The Labute approximate surface area is 154 Å². The summed E-state index contributed by atoms with van der Waals surface area (Å²) in [5.41, 5.74) is 1.98. The van der Waals surface area contributed by atoms with E-state index in [0.29, 0.717) is 21.5 Å². The molecule has 7 nitrogen and oxygen atoms in total. The first-order valence-corrected chi connectivity index (χ1v) is 8.25. The number of fused-ring (bicyclic) bond motifs is 1. The van der Waals surface area contributed by atoms with Crippen molar-refractivity contribution in [3.8, 4) is 11.1 Å². The average molecular weight is 378 g/mol. The van der Waals surface area contributed by atoms with Crippen LogP contribution >= 0.6 is 11.6 Å². The summed E-state index contributed by atoms with van der Waals surface area (Å²) in [7, 11) is 3.17. The van der Waals surface area contributed by atoms with Crippen molar-refractivity contribution in [2.24, 2.45) is 12.3 Å². The van der Waals surface area contributed by atoms with E-state index in [1.165, 1.54) is 19.3 Å². The molecule has 2 heterocycles. The second kappa shape index (κ2) is 6.97. The van der Waals surface area contributed by atoms with Crippen LogP contribution in [0.2, 0.25) is 5.02 Å². The van der Waals surface area contributed by atoms with E-state index >= 15 is 0 Å². The summed E-state index contributed by atoms with van der Waals surface area (Å²) in [6, 6.07) is 4.67. The summed E-state index contributed by atoms with van der Waals surface area (Å²) in [4.78, 5) is 14.8. The van der Waals surface area contributed by atoms with Crippen LogP contribution < -0.4 is 5.01 Å². The maximum Gasteiger partial charge on any atom is 0.152 e. The van der Waals surface area contributed by atoms with Gasteiger partial charge in [-0.1, -0.05) is 18.5 Å². The van der Waals surface area contributed by atoms with Gasteiger partial charge in [-0.05, 0) is 23.8 Å². The number of aliphatic hydroxyl groups excluding tert-OH is 1. The lowest BCUT2D eigenvalue weighted by Gasteiger charge is -2.12. The van der Waals surface area contributed by atoms with E-state index in [-0.39, 0.29) is 23.9 Å². The summed E-state index contributed by atoms with van der Waals surface area (Å²) in [5, 5.41) is 18.5. The minimum absolute atomic E-state index is 0.0869. The van der Waals surface area contributed by atoms with Crippen LogP contribution in [-0.2, 0) is 7.05 Å². The Hall–Kier alpha value is -2.58. The number of aliphatic hydroxyl groups is 1. The Morgan fingerprint density at radius 2 is 2.15 bits per heavy atom. The van der Waals surface area contributed by atoms with Crippen molar-refractivity contribution in [3.63, 3.8) is 0 Å². The largest absolute Gasteiger partial charge is 0.396 e. The van der Waals surface area contributed by atoms with Gasteiger partial charge in [0.1, 0.15) is 5.52 Å². The third kappa shape index (κ3) is 3.02. The van der Waals surface area contributed by atoms with Crippen molar-refractivity contribution in [1.29, 1.82) is 0 Å². The number of rotatable bonds is 5. The van der Waals surface area contributed by atoms with Crippen LogP contribution in [0.3, 0.4) is 0 Å². The molecule has 0 radical (unpaired) electrons. The van der Waals surface area contributed by atoms with Crippen LogP contribution in [0.15, 0.2) is 29.7 Å². The van der Waals surface area contributed by atoms with E-state index in [1.807, 2.05) is 6.92 Å². The Morgan fingerprint density at radius 1 is 1.42 bits per heavy atom. The van der Waals surface area contributed by atoms with Crippen LogP contribution in [0.25, 0.3) is 22.0 Å². The van der Waals surface area contributed by atoms with E-state index in [9.17, 15) is 14.4 Å². The Morgan fingerprint density at radius 3 is 2.81 bits per heavy atom.